The van der Waals surface area contributed by atoms with Gasteiger partial charge in [-0.15, -0.1) is 0 Å². The number of phenols is 2. The molecule has 7 aromatic carbocycles. The number of phenolic OH excluding ortho intramolecular Hbond substituents is 2. The zero-order chi connectivity index (χ0) is 33.1. The van der Waals surface area contributed by atoms with E-state index in [1.165, 1.54) is 0 Å². The van der Waals surface area contributed by atoms with Gasteiger partial charge < -0.3 is 0 Å². The molecule has 0 atom stereocenters. The van der Waals surface area contributed by atoms with Crippen LogP contribution in [0.4, 0.5) is 0 Å². The van der Waals surface area contributed by atoms with E-state index in [9.17, 15) is 10.2 Å². The molecule has 0 aromatic heterocycles. The Balaban J connectivity index is 1.48. The molecule has 48 heavy (non-hydrogen) atoms. The van der Waals surface area contributed by atoms with Gasteiger partial charge in [0.1, 0.15) is 0 Å². The molecule has 0 fully saturated rings. The van der Waals surface area contributed by atoms with Crippen LogP contribution in [0.15, 0.2) is 194 Å². The summed E-state index contributed by atoms with van der Waals surface area (Å²) in [7, 11) is 0. The van der Waals surface area contributed by atoms with Crippen molar-refractivity contribution in [3.63, 3.8) is 0 Å². The van der Waals surface area contributed by atoms with Gasteiger partial charge in [-0.1, -0.05) is 0 Å². The van der Waals surface area contributed by atoms with Crippen molar-refractivity contribution < 1.29 is 14.7 Å². The maximum absolute atomic E-state index is 10.1. The molecule has 236 valence electrons. The maximum atomic E-state index is 10.1. The van der Waals surface area contributed by atoms with Crippen molar-refractivity contribution in [1.29, 1.82) is 0 Å². The van der Waals surface area contributed by atoms with Crippen molar-refractivity contribution in [2.24, 2.45) is 0 Å². The standard InChI is InChI=1S/C44H37O3P/c1-44(34-22-28-37(45)29-23-34,35-24-30-38(46)31-25-35)36-26-32-39(33-27-36)47-48(40-14-6-2-7-15-40,41-16-8-3-9-17-41,42-18-10-4-11-19-42)43-20-12-5-13-21-43/h2-33,45-46H,1H3. The molecule has 3 nitrogen and oxygen atoms in total. The Morgan fingerprint density at radius 3 is 0.938 bits per heavy atom. The summed E-state index contributed by atoms with van der Waals surface area (Å²) in [5, 5.41) is 24.6. The van der Waals surface area contributed by atoms with E-state index in [0.29, 0.717) is 0 Å². The van der Waals surface area contributed by atoms with Gasteiger partial charge in [0.05, 0.1) is 0 Å². The van der Waals surface area contributed by atoms with E-state index >= 15 is 0 Å². The van der Waals surface area contributed by atoms with Gasteiger partial charge in [0.15, 0.2) is 0 Å². The third-order valence-corrected chi connectivity index (χ3v) is 15.3. The summed E-state index contributed by atoms with van der Waals surface area (Å²) in [6.45, 7) is -1.72. The van der Waals surface area contributed by atoms with Crippen LogP contribution >= 0.6 is 6.83 Å². The van der Waals surface area contributed by atoms with Crippen molar-refractivity contribution in [3.8, 4) is 17.2 Å². The Labute approximate surface area is 282 Å². The summed E-state index contributed by atoms with van der Waals surface area (Å²) >= 11 is 0. The van der Waals surface area contributed by atoms with Crippen molar-refractivity contribution >= 4 is 28.0 Å². The molecule has 2 N–H and O–H groups in total. The van der Waals surface area contributed by atoms with Crippen molar-refractivity contribution in [2.75, 3.05) is 0 Å². The van der Waals surface area contributed by atoms with E-state index in [4.69, 9.17) is 4.52 Å². The topological polar surface area (TPSA) is 49.7 Å². The monoisotopic (exact) mass is 644 g/mol. The number of benzene rings is 7. The molecule has 0 heterocycles. The van der Waals surface area contributed by atoms with Crippen LogP contribution in [0.3, 0.4) is 0 Å². The van der Waals surface area contributed by atoms with E-state index in [1.807, 2.05) is 24.3 Å². The van der Waals surface area contributed by atoms with Gasteiger partial charge in [-0.05, 0) is 0 Å². The summed E-state index contributed by atoms with van der Waals surface area (Å²) < 4.78 is 7.81. The first kappa shape index (κ1) is 31.0. The average Bonchev–Trinajstić information content (AvgIpc) is 3.16. The molecule has 4 heteroatoms. The third kappa shape index (κ3) is 4.96. The molecule has 0 unspecified atom stereocenters. The molecule has 0 spiro atoms. The van der Waals surface area contributed by atoms with Crippen LogP contribution in [0.5, 0.6) is 17.2 Å². The van der Waals surface area contributed by atoms with Crippen molar-refractivity contribution in [2.45, 2.75) is 12.3 Å². The quantitative estimate of drug-likeness (QED) is 0.122. The molecule has 0 aliphatic heterocycles. The van der Waals surface area contributed by atoms with Crippen LogP contribution in [0.2, 0.25) is 0 Å². The van der Waals surface area contributed by atoms with Crippen LogP contribution in [0, 0.1) is 0 Å². The fraction of sp³-hybridized carbons (Fsp3) is 0.0455. The van der Waals surface area contributed by atoms with Gasteiger partial charge in [0.2, 0.25) is 0 Å². The fourth-order valence-electron chi connectivity index (χ4n) is 7.10. The van der Waals surface area contributed by atoms with Gasteiger partial charge in [-0.25, -0.2) is 0 Å². The first-order valence-corrected chi connectivity index (χ1v) is 18.2. The van der Waals surface area contributed by atoms with Gasteiger partial charge in [0.25, 0.3) is 0 Å². The molecular weight excluding hydrogens is 607 g/mol. The van der Waals surface area contributed by atoms with Gasteiger partial charge in [0, 0.05) is 0 Å². The van der Waals surface area contributed by atoms with E-state index in [2.05, 4.69) is 153 Å². The predicted octanol–water partition coefficient (Wildman–Crippen LogP) is 8.60. The summed E-state index contributed by atoms with van der Waals surface area (Å²) in [6.07, 6.45) is 0. The van der Waals surface area contributed by atoms with Crippen LogP contribution in [-0.4, -0.2) is 10.2 Å². The van der Waals surface area contributed by atoms with Crippen LogP contribution in [0.25, 0.3) is 0 Å². The van der Waals surface area contributed by atoms with E-state index in [0.717, 1.165) is 43.7 Å². The molecule has 7 rings (SSSR count). The minimum atomic E-state index is -3.89. The summed E-state index contributed by atoms with van der Waals surface area (Å²) in [5.74, 6) is 1.17. The Hall–Kier alpha value is -5.63. The molecule has 0 saturated heterocycles. The van der Waals surface area contributed by atoms with Gasteiger partial charge >= 0.3 is 283 Å². The van der Waals surface area contributed by atoms with Crippen molar-refractivity contribution in [3.05, 3.63) is 211 Å². The zero-order valence-electron chi connectivity index (χ0n) is 26.7. The minimum absolute atomic E-state index is 0.213. The molecular formula is C44H37O3P. The SMILES string of the molecule is CC(c1ccc(O)cc1)(c1ccc(O)cc1)c1ccc(OP(c2ccccc2)(c2ccccc2)(c2ccccc2)c2ccccc2)cc1. The summed E-state index contributed by atoms with van der Waals surface area (Å²) in [6, 6.07) is 65.7. The predicted molar refractivity (Wildman–Crippen MR) is 200 cm³/mol. The molecule has 0 radical (unpaired) electrons. The Morgan fingerprint density at radius 1 is 0.375 bits per heavy atom. The summed E-state index contributed by atoms with van der Waals surface area (Å²) in [4.78, 5) is 0. The molecule has 0 saturated carbocycles. The second-order valence-corrected chi connectivity index (χ2v) is 16.5. The van der Waals surface area contributed by atoms with Crippen LogP contribution in [0.1, 0.15) is 23.6 Å². The second kappa shape index (κ2) is 12.5. The van der Waals surface area contributed by atoms with E-state index < -0.39 is 12.2 Å². The van der Waals surface area contributed by atoms with E-state index in [1.54, 1.807) is 24.3 Å². The Morgan fingerprint density at radius 2 is 0.646 bits per heavy atom. The van der Waals surface area contributed by atoms with Gasteiger partial charge in [-0.2, -0.15) is 0 Å². The van der Waals surface area contributed by atoms with Crippen LogP contribution < -0.4 is 25.7 Å². The first-order valence-electron chi connectivity index (χ1n) is 16.1. The Kier molecular flexibility index (Phi) is 8.09. The molecule has 0 aliphatic carbocycles. The average molecular weight is 645 g/mol. The van der Waals surface area contributed by atoms with Crippen molar-refractivity contribution in [1.82, 2.24) is 0 Å². The Bertz CT molecular complexity index is 1880. The molecule has 0 bridgehead atoms. The molecule has 0 amide bonds. The fourth-order valence-corrected chi connectivity index (χ4v) is 12.8. The van der Waals surface area contributed by atoms with Gasteiger partial charge in [-0.3, -0.25) is 0 Å². The normalized spacial score (nSPS) is 12.5. The third-order valence-electron chi connectivity index (χ3n) is 9.60. The number of aromatic hydroxyl groups is 2. The molecule has 7 aromatic rings. The number of hydrogen-bond donors (Lipinski definition) is 2. The summed E-state index contributed by atoms with van der Waals surface area (Å²) in [5.41, 5.74) is 2.50. The number of hydrogen-bond acceptors (Lipinski definition) is 3. The molecule has 0 aliphatic rings. The van der Waals surface area contributed by atoms with Crippen LogP contribution in [-0.2, 0) is 5.41 Å². The second-order valence-electron chi connectivity index (χ2n) is 12.2. The number of rotatable bonds is 9. The zero-order valence-corrected chi connectivity index (χ0v) is 27.6. The first-order chi connectivity index (χ1) is 23.4. The van der Waals surface area contributed by atoms with E-state index in [-0.39, 0.29) is 11.5 Å².